The minimum Gasteiger partial charge on any atom is -0.481 e. The number of amides is 1. The van der Waals surface area contributed by atoms with Crippen LogP contribution in [0.15, 0.2) is 12.7 Å². The van der Waals surface area contributed by atoms with E-state index in [1.807, 2.05) is 0 Å². The second kappa shape index (κ2) is 6.15. The van der Waals surface area contributed by atoms with Crippen molar-refractivity contribution in [3.8, 4) is 0 Å². The van der Waals surface area contributed by atoms with Gasteiger partial charge >= 0.3 is 5.97 Å². The van der Waals surface area contributed by atoms with E-state index in [0.29, 0.717) is 0 Å². The molecule has 0 fully saturated rings. The summed E-state index contributed by atoms with van der Waals surface area (Å²) in [6, 6.07) is -0.924. The van der Waals surface area contributed by atoms with Crippen molar-refractivity contribution in [2.24, 2.45) is 5.73 Å². The van der Waals surface area contributed by atoms with Crippen LogP contribution in [0.1, 0.15) is 19.8 Å². The van der Waals surface area contributed by atoms with E-state index in [1.165, 1.54) is 0 Å². The smallest absolute Gasteiger partial charge is 0.303 e. The minimum atomic E-state index is -0.954. The van der Waals surface area contributed by atoms with E-state index >= 15 is 0 Å². The number of hydrogen-bond acceptors (Lipinski definition) is 3. The molecule has 80 valence electrons. The Hall–Kier alpha value is -1.36. The van der Waals surface area contributed by atoms with E-state index in [-0.39, 0.29) is 24.8 Å². The lowest BCUT2D eigenvalue weighted by molar-refractivity contribution is -0.137. The number of carboxylic acids is 1. The van der Waals surface area contributed by atoms with Crippen LogP contribution in [0.5, 0.6) is 0 Å². The van der Waals surface area contributed by atoms with Crippen molar-refractivity contribution in [3.63, 3.8) is 0 Å². The highest BCUT2D eigenvalue weighted by molar-refractivity contribution is 5.82. The van der Waals surface area contributed by atoms with Gasteiger partial charge in [-0.05, 0) is 13.3 Å². The molecule has 0 aromatic heterocycles. The summed E-state index contributed by atoms with van der Waals surface area (Å²) in [7, 11) is 0. The second-order valence-electron chi connectivity index (χ2n) is 3.07. The van der Waals surface area contributed by atoms with Crippen LogP contribution in [-0.2, 0) is 9.59 Å². The van der Waals surface area contributed by atoms with Crippen molar-refractivity contribution in [1.82, 2.24) is 5.32 Å². The van der Waals surface area contributed by atoms with E-state index in [4.69, 9.17) is 10.8 Å². The van der Waals surface area contributed by atoms with Crippen LogP contribution in [0.4, 0.5) is 0 Å². The lowest BCUT2D eigenvalue weighted by Gasteiger charge is -2.13. The van der Waals surface area contributed by atoms with Gasteiger partial charge in [0.2, 0.25) is 5.91 Å². The highest BCUT2D eigenvalue weighted by Gasteiger charge is 2.15. The molecule has 14 heavy (non-hydrogen) atoms. The van der Waals surface area contributed by atoms with E-state index in [0.717, 1.165) is 0 Å². The molecule has 0 spiro atoms. The van der Waals surface area contributed by atoms with Crippen LogP contribution in [-0.4, -0.2) is 29.1 Å². The van der Waals surface area contributed by atoms with Gasteiger partial charge in [-0.2, -0.15) is 0 Å². The number of nitrogens with two attached hydrogens (primary N) is 1. The summed E-state index contributed by atoms with van der Waals surface area (Å²) < 4.78 is 0. The van der Waals surface area contributed by atoms with Crippen molar-refractivity contribution in [2.45, 2.75) is 31.8 Å². The van der Waals surface area contributed by atoms with Gasteiger partial charge in [0.25, 0.3) is 0 Å². The topological polar surface area (TPSA) is 92.4 Å². The fourth-order valence-corrected chi connectivity index (χ4v) is 0.800. The summed E-state index contributed by atoms with van der Waals surface area (Å²) in [5.41, 5.74) is 5.46. The normalized spacial score (nSPS) is 14.1. The molecule has 0 saturated carbocycles. The number of carbonyl (C=O) groups excluding carboxylic acids is 1. The Bertz CT molecular complexity index is 228. The lowest BCUT2D eigenvalue weighted by atomic mass is 10.1. The first kappa shape index (κ1) is 12.6. The predicted molar refractivity (Wildman–Crippen MR) is 52.6 cm³/mol. The van der Waals surface area contributed by atoms with Crippen LogP contribution in [0.3, 0.4) is 0 Å². The average Bonchev–Trinajstić information content (AvgIpc) is 2.13. The molecule has 5 heteroatoms. The maximum Gasteiger partial charge on any atom is 0.303 e. The van der Waals surface area contributed by atoms with Gasteiger partial charge in [0.05, 0.1) is 6.04 Å². The zero-order valence-electron chi connectivity index (χ0n) is 8.19. The van der Waals surface area contributed by atoms with Crippen molar-refractivity contribution in [1.29, 1.82) is 0 Å². The van der Waals surface area contributed by atoms with Crippen molar-refractivity contribution < 1.29 is 14.7 Å². The number of hydrogen-bond donors (Lipinski definition) is 3. The monoisotopic (exact) mass is 200 g/mol. The van der Waals surface area contributed by atoms with Gasteiger partial charge in [0.15, 0.2) is 0 Å². The molecule has 0 aromatic carbocycles. The largest absolute Gasteiger partial charge is 0.481 e. The zero-order valence-corrected chi connectivity index (χ0v) is 8.19. The number of carboxylic acid groups (broad SMARTS) is 1. The van der Waals surface area contributed by atoms with Crippen LogP contribution in [0.25, 0.3) is 0 Å². The maximum absolute atomic E-state index is 11.2. The van der Waals surface area contributed by atoms with Gasteiger partial charge in [-0.3, -0.25) is 9.59 Å². The molecule has 0 saturated heterocycles. The quantitative estimate of drug-likeness (QED) is 0.521. The van der Waals surface area contributed by atoms with Crippen LogP contribution in [0.2, 0.25) is 0 Å². The number of rotatable bonds is 6. The van der Waals surface area contributed by atoms with E-state index in [2.05, 4.69) is 11.9 Å². The molecule has 0 aromatic rings. The molecule has 2 unspecified atom stereocenters. The van der Waals surface area contributed by atoms with Crippen LogP contribution >= 0.6 is 0 Å². The van der Waals surface area contributed by atoms with E-state index < -0.39 is 12.0 Å². The molecule has 2 atom stereocenters. The Morgan fingerprint density at radius 1 is 1.64 bits per heavy atom. The van der Waals surface area contributed by atoms with Crippen LogP contribution < -0.4 is 11.1 Å². The summed E-state index contributed by atoms with van der Waals surface area (Å²) in [6.07, 6.45) is 1.61. The number of aliphatic carboxylic acids is 1. The fourth-order valence-electron chi connectivity index (χ4n) is 0.800. The molecular formula is C9H16N2O3. The summed E-state index contributed by atoms with van der Waals surface area (Å²) in [5, 5.41) is 10.9. The first-order valence-electron chi connectivity index (χ1n) is 4.37. The Morgan fingerprint density at radius 3 is 2.64 bits per heavy atom. The van der Waals surface area contributed by atoms with Crippen molar-refractivity contribution >= 4 is 11.9 Å². The third-order valence-corrected chi connectivity index (χ3v) is 1.73. The first-order chi connectivity index (χ1) is 6.47. The van der Waals surface area contributed by atoms with E-state index in [1.54, 1.807) is 13.0 Å². The SMILES string of the molecule is C=CC(C)NC(=O)C(N)CCC(=O)O. The zero-order chi connectivity index (χ0) is 11.1. The fraction of sp³-hybridized carbons (Fsp3) is 0.556. The molecule has 5 nitrogen and oxygen atoms in total. The van der Waals surface area contributed by atoms with Crippen LogP contribution in [0, 0.1) is 0 Å². The highest BCUT2D eigenvalue weighted by Crippen LogP contribution is 1.95. The Labute approximate surface area is 83.0 Å². The molecular weight excluding hydrogens is 184 g/mol. The average molecular weight is 200 g/mol. The van der Waals surface area contributed by atoms with Gasteiger partial charge in [-0.25, -0.2) is 0 Å². The molecule has 0 aliphatic heterocycles. The van der Waals surface area contributed by atoms with Gasteiger partial charge in [0, 0.05) is 12.5 Å². The minimum absolute atomic E-state index is 0.100. The third-order valence-electron chi connectivity index (χ3n) is 1.73. The number of carbonyl (C=O) groups is 2. The molecule has 4 N–H and O–H groups in total. The standard InChI is InChI=1S/C9H16N2O3/c1-3-6(2)11-9(14)7(10)4-5-8(12)13/h3,6-7H,1,4-5,10H2,2H3,(H,11,14)(H,12,13). The number of nitrogens with one attached hydrogen (secondary N) is 1. The molecule has 0 aliphatic rings. The van der Waals surface area contributed by atoms with Crippen molar-refractivity contribution in [2.75, 3.05) is 0 Å². The summed E-state index contributed by atoms with van der Waals surface area (Å²) in [4.78, 5) is 21.4. The summed E-state index contributed by atoms with van der Waals surface area (Å²) >= 11 is 0. The Kier molecular flexibility index (Phi) is 5.55. The first-order valence-corrected chi connectivity index (χ1v) is 4.37. The molecule has 0 radical (unpaired) electrons. The third kappa shape index (κ3) is 5.31. The Morgan fingerprint density at radius 2 is 2.21 bits per heavy atom. The molecule has 0 rings (SSSR count). The maximum atomic E-state index is 11.2. The van der Waals surface area contributed by atoms with E-state index in [9.17, 15) is 9.59 Å². The van der Waals surface area contributed by atoms with Crippen molar-refractivity contribution in [3.05, 3.63) is 12.7 Å². The molecule has 0 bridgehead atoms. The summed E-state index contributed by atoms with van der Waals surface area (Å²) in [5.74, 6) is -1.30. The lowest BCUT2D eigenvalue weighted by Crippen LogP contribution is -2.43. The second-order valence-corrected chi connectivity index (χ2v) is 3.07. The van der Waals surface area contributed by atoms with Gasteiger partial charge in [-0.15, -0.1) is 6.58 Å². The predicted octanol–water partition coefficient (Wildman–Crippen LogP) is -0.131. The molecule has 0 heterocycles. The molecule has 1 amide bonds. The highest BCUT2D eigenvalue weighted by atomic mass is 16.4. The Balaban J connectivity index is 3.87. The molecule has 0 aliphatic carbocycles. The van der Waals surface area contributed by atoms with Gasteiger partial charge in [-0.1, -0.05) is 6.08 Å². The van der Waals surface area contributed by atoms with Gasteiger partial charge in [0.1, 0.15) is 0 Å². The van der Waals surface area contributed by atoms with Gasteiger partial charge < -0.3 is 16.2 Å². The summed E-state index contributed by atoms with van der Waals surface area (Å²) in [6.45, 7) is 5.26.